The summed E-state index contributed by atoms with van der Waals surface area (Å²) in [6.07, 6.45) is -0.250. The molecule has 0 saturated carbocycles. The van der Waals surface area contributed by atoms with Crippen molar-refractivity contribution < 1.29 is 9.84 Å². The summed E-state index contributed by atoms with van der Waals surface area (Å²) in [5, 5.41) is 9.32. The van der Waals surface area contributed by atoms with Crippen LogP contribution in [-0.4, -0.2) is 49.0 Å². The second-order valence-corrected chi connectivity index (χ2v) is 2.78. The minimum atomic E-state index is -0.287. The molecule has 0 aliphatic carbocycles. The van der Waals surface area contributed by atoms with Gasteiger partial charge in [0, 0.05) is 19.7 Å². The first-order valence-electron chi connectivity index (χ1n) is 3.72. The van der Waals surface area contributed by atoms with E-state index in [1.54, 1.807) is 0 Å². The van der Waals surface area contributed by atoms with Crippen LogP contribution in [0.3, 0.4) is 0 Å². The van der Waals surface area contributed by atoms with E-state index in [2.05, 4.69) is 4.90 Å². The maximum Gasteiger partial charge on any atom is 0.0972 e. The number of hydrogen-bond donors (Lipinski definition) is 1. The maximum absolute atomic E-state index is 9.32. The second-order valence-electron chi connectivity index (χ2n) is 2.78. The highest BCUT2D eigenvalue weighted by Gasteiger charge is 2.28. The zero-order valence-corrected chi connectivity index (χ0v) is 6.58. The van der Waals surface area contributed by atoms with Gasteiger partial charge in [0.1, 0.15) is 0 Å². The fourth-order valence-corrected chi connectivity index (χ4v) is 1.32. The van der Waals surface area contributed by atoms with E-state index in [0.29, 0.717) is 6.61 Å². The van der Waals surface area contributed by atoms with Gasteiger partial charge in [-0.25, -0.2) is 0 Å². The highest BCUT2D eigenvalue weighted by molar-refractivity contribution is 4.82. The molecule has 0 radical (unpaired) electrons. The zero-order valence-electron chi connectivity index (χ0n) is 6.58. The summed E-state index contributed by atoms with van der Waals surface area (Å²) in [5.74, 6) is 0. The number of likely N-dealkylation sites (N-methyl/N-ethyl adjacent to an activating group) is 1. The van der Waals surface area contributed by atoms with Crippen LogP contribution in [0.15, 0.2) is 0 Å². The van der Waals surface area contributed by atoms with Crippen molar-refractivity contribution in [1.29, 1.82) is 0 Å². The fourth-order valence-electron chi connectivity index (χ4n) is 1.32. The van der Waals surface area contributed by atoms with E-state index in [-0.39, 0.29) is 12.2 Å². The van der Waals surface area contributed by atoms with E-state index in [4.69, 9.17) is 4.74 Å². The average Bonchev–Trinajstić information content (AvgIpc) is 2.13. The van der Waals surface area contributed by atoms with Gasteiger partial charge in [-0.15, -0.1) is 0 Å². The number of nitrogens with zero attached hydrogens (tertiary/aromatic N) is 1. The van der Waals surface area contributed by atoms with Crippen LogP contribution in [0.25, 0.3) is 0 Å². The van der Waals surface area contributed by atoms with Crippen LogP contribution in [0.2, 0.25) is 0 Å². The Morgan fingerprint density at radius 3 is 2.70 bits per heavy atom. The lowest BCUT2D eigenvalue weighted by molar-refractivity contribution is -0.00232. The maximum atomic E-state index is 9.32. The molecule has 1 fully saturated rings. The van der Waals surface area contributed by atoms with Gasteiger partial charge in [-0.2, -0.15) is 0 Å². The molecule has 0 spiro atoms. The molecule has 60 valence electrons. The first-order chi connectivity index (χ1) is 4.74. The molecule has 2 atom stereocenters. The molecule has 1 aliphatic rings. The van der Waals surface area contributed by atoms with E-state index in [9.17, 15) is 5.11 Å². The third kappa shape index (κ3) is 1.68. The van der Waals surface area contributed by atoms with Crippen LogP contribution < -0.4 is 0 Å². The Kier molecular flexibility index (Phi) is 2.65. The lowest BCUT2D eigenvalue weighted by atomic mass is 10.3. The minimum absolute atomic E-state index is 0.0370. The van der Waals surface area contributed by atoms with Crippen LogP contribution in [0.4, 0.5) is 0 Å². The first kappa shape index (κ1) is 7.98. The molecule has 0 aromatic rings. The number of hydrogen-bond acceptors (Lipinski definition) is 3. The molecule has 1 saturated heterocycles. The van der Waals surface area contributed by atoms with E-state index in [1.807, 2.05) is 14.0 Å². The summed E-state index contributed by atoms with van der Waals surface area (Å²) >= 11 is 0. The highest BCUT2D eigenvalue weighted by atomic mass is 16.5. The number of likely N-dealkylation sites (tertiary alicyclic amines) is 1. The van der Waals surface area contributed by atoms with Gasteiger partial charge in [0.15, 0.2) is 0 Å². The van der Waals surface area contributed by atoms with Crippen LogP contribution in [0, 0.1) is 0 Å². The SMILES string of the molecule is CCO[C@@H]1CN(C)CC1O. The van der Waals surface area contributed by atoms with Crippen molar-refractivity contribution >= 4 is 0 Å². The van der Waals surface area contributed by atoms with Crippen molar-refractivity contribution in [2.45, 2.75) is 19.1 Å². The molecule has 0 aromatic carbocycles. The van der Waals surface area contributed by atoms with E-state index in [0.717, 1.165) is 13.1 Å². The molecule has 3 heteroatoms. The van der Waals surface area contributed by atoms with Gasteiger partial charge in [-0.05, 0) is 14.0 Å². The number of β-amino-alcohol motifs (C(OH)–C–C–N with tert-alkyl or cyclic N) is 1. The smallest absolute Gasteiger partial charge is 0.0972 e. The van der Waals surface area contributed by atoms with Crippen molar-refractivity contribution in [2.75, 3.05) is 26.7 Å². The van der Waals surface area contributed by atoms with Gasteiger partial charge in [0.05, 0.1) is 12.2 Å². The van der Waals surface area contributed by atoms with Gasteiger partial charge in [-0.1, -0.05) is 0 Å². The van der Waals surface area contributed by atoms with Crippen LogP contribution in [0.1, 0.15) is 6.92 Å². The molecule has 0 aromatic heterocycles. The second kappa shape index (κ2) is 3.32. The summed E-state index contributed by atoms with van der Waals surface area (Å²) in [5.41, 5.74) is 0. The summed E-state index contributed by atoms with van der Waals surface area (Å²) < 4.78 is 5.29. The van der Waals surface area contributed by atoms with Gasteiger partial charge in [-0.3, -0.25) is 0 Å². The Morgan fingerprint density at radius 1 is 1.60 bits per heavy atom. The van der Waals surface area contributed by atoms with Crippen molar-refractivity contribution in [1.82, 2.24) is 4.90 Å². The number of aliphatic hydroxyl groups is 1. The van der Waals surface area contributed by atoms with Gasteiger partial charge in [0.25, 0.3) is 0 Å². The van der Waals surface area contributed by atoms with E-state index >= 15 is 0 Å². The third-order valence-corrected chi connectivity index (χ3v) is 1.80. The summed E-state index contributed by atoms with van der Waals surface area (Å²) in [6, 6.07) is 0. The Labute approximate surface area is 61.6 Å². The molecule has 1 unspecified atom stereocenters. The molecule has 1 N–H and O–H groups in total. The number of aliphatic hydroxyl groups excluding tert-OH is 1. The predicted molar refractivity (Wildman–Crippen MR) is 38.9 cm³/mol. The van der Waals surface area contributed by atoms with Gasteiger partial charge >= 0.3 is 0 Å². The zero-order chi connectivity index (χ0) is 7.56. The fraction of sp³-hybridized carbons (Fsp3) is 1.00. The molecular formula is C7H15NO2. The van der Waals surface area contributed by atoms with Crippen molar-refractivity contribution in [3.05, 3.63) is 0 Å². The standard InChI is InChI=1S/C7H15NO2/c1-3-10-7-5-8(2)4-6(7)9/h6-7,9H,3-5H2,1-2H3/t6?,7-/m1/s1. The lowest BCUT2D eigenvalue weighted by Gasteiger charge is -2.12. The molecule has 1 rings (SSSR count). The first-order valence-corrected chi connectivity index (χ1v) is 3.72. The minimum Gasteiger partial charge on any atom is -0.389 e. The Bertz CT molecular complexity index is 108. The highest BCUT2D eigenvalue weighted by Crippen LogP contribution is 2.10. The van der Waals surface area contributed by atoms with E-state index < -0.39 is 0 Å². The molecule has 10 heavy (non-hydrogen) atoms. The largest absolute Gasteiger partial charge is 0.389 e. The Hall–Kier alpha value is -0.120. The van der Waals surface area contributed by atoms with Crippen molar-refractivity contribution in [3.8, 4) is 0 Å². The molecule has 3 nitrogen and oxygen atoms in total. The van der Waals surface area contributed by atoms with E-state index in [1.165, 1.54) is 0 Å². The van der Waals surface area contributed by atoms with Crippen LogP contribution >= 0.6 is 0 Å². The normalized spacial score (nSPS) is 35.1. The molecule has 0 bridgehead atoms. The number of ether oxygens (including phenoxy) is 1. The van der Waals surface area contributed by atoms with Crippen LogP contribution in [-0.2, 0) is 4.74 Å². The van der Waals surface area contributed by atoms with Crippen molar-refractivity contribution in [3.63, 3.8) is 0 Å². The van der Waals surface area contributed by atoms with Gasteiger partial charge in [0.2, 0.25) is 0 Å². The number of rotatable bonds is 2. The monoisotopic (exact) mass is 145 g/mol. The molecule has 0 amide bonds. The van der Waals surface area contributed by atoms with Crippen molar-refractivity contribution in [2.24, 2.45) is 0 Å². The predicted octanol–water partition coefficient (Wildman–Crippen LogP) is -0.302. The summed E-state index contributed by atoms with van der Waals surface area (Å²) in [7, 11) is 1.99. The third-order valence-electron chi connectivity index (χ3n) is 1.80. The Morgan fingerprint density at radius 2 is 2.30 bits per heavy atom. The Balaban J connectivity index is 2.31. The quantitative estimate of drug-likeness (QED) is 0.579. The molecule has 1 heterocycles. The summed E-state index contributed by atoms with van der Waals surface area (Å²) in [4.78, 5) is 2.07. The summed E-state index contributed by atoms with van der Waals surface area (Å²) in [6.45, 7) is 4.24. The lowest BCUT2D eigenvalue weighted by Crippen LogP contribution is -2.26. The molecule has 1 aliphatic heterocycles. The van der Waals surface area contributed by atoms with Gasteiger partial charge < -0.3 is 14.7 Å². The van der Waals surface area contributed by atoms with Crippen LogP contribution in [0.5, 0.6) is 0 Å². The average molecular weight is 145 g/mol. The topological polar surface area (TPSA) is 32.7 Å². The molecular weight excluding hydrogens is 130 g/mol.